The second-order valence-electron chi connectivity index (χ2n) is 9.20. The molecule has 0 heterocycles. The number of fused-ring (bicyclic) bond motifs is 2. The Morgan fingerprint density at radius 3 is 2.24 bits per heavy atom. The third-order valence-electron chi connectivity index (χ3n) is 6.78. The highest BCUT2D eigenvalue weighted by Crippen LogP contribution is 2.43. The number of anilines is 1. The van der Waals surface area contributed by atoms with Gasteiger partial charge in [0.25, 0.3) is 10.1 Å². The van der Waals surface area contributed by atoms with Gasteiger partial charge >= 0.3 is 0 Å². The van der Waals surface area contributed by atoms with Crippen molar-refractivity contribution in [2.75, 3.05) is 12.4 Å². The van der Waals surface area contributed by atoms with Crippen molar-refractivity contribution in [3.05, 3.63) is 76.6 Å². The molecule has 0 atom stereocenters. The zero-order chi connectivity index (χ0) is 27.0. The van der Waals surface area contributed by atoms with Crippen molar-refractivity contribution >= 4 is 38.7 Å². The number of halogens is 1. The molecule has 2 aliphatic carbocycles. The molecule has 1 fully saturated rings. The molecule has 0 aromatic heterocycles. The quantitative estimate of drug-likeness (QED) is 0.227. The maximum absolute atomic E-state index is 13.9. The van der Waals surface area contributed by atoms with Gasteiger partial charge in [0.15, 0.2) is 11.6 Å². The third kappa shape index (κ3) is 4.70. The first-order valence-corrected chi connectivity index (χ1v) is 13.5. The molecule has 3 aromatic rings. The molecule has 0 aliphatic heterocycles. The van der Waals surface area contributed by atoms with Gasteiger partial charge < -0.3 is 10.1 Å². The average molecular weight is 538 g/mol. The van der Waals surface area contributed by atoms with Gasteiger partial charge in [0.05, 0.1) is 18.2 Å². The highest BCUT2D eigenvalue weighted by molar-refractivity contribution is 7.86. The Bertz CT molecular complexity index is 1600. The molecule has 5 rings (SSSR count). The molecule has 2 N–H and O–H groups in total. The molecule has 0 saturated heterocycles. The van der Waals surface area contributed by atoms with Gasteiger partial charge in [-0.3, -0.25) is 14.1 Å². The minimum absolute atomic E-state index is 0.0492. The lowest BCUT2D eigenvalue weighted by atomic mass is 9.82. The summed E-state index contributed by atoms with van der Waals surface area (Å²) in [4.78, 5) is 26.7. The van der Waals surface area contributed by atoms with Crippen molar-refractivity contribution in [1.82, 2.24) is 0 Å². The van der Waals surface area contributed by atoms with Crippen LogP contribution in [0.15, 0.2) is 63.7 Å². The zero-order valence-corrected chi connectivity index (χ0v) is 21.2. The fraction of sp³-hybridized carbons (Fsp3) is 0.259. The standard InChI is InChI=1S/C27H24FN3O6S/c1-37-21-12-11-15(28)13-19(21)30-31-25-22(38(34,35)36)14-20(29-16-7-3-2-4-8-16)23-24(25)27(33)18-10-6-5-9-17(18)26(23)32/h5-6,9-14,16,29H,2-4,7-8H2,1H3,(H,34,35,36). The van der Waals surface area contributed by atoms with E-state index in [2.05, 4.69) is 15.5 Å². The SMILES string of the molecule is COc1ccc(F)cc1N=Nc1c(S(=O)(=O)O)cc(NC2CCCCC2)c2c1C(=O)c1ccccc1C2=O. The van der Waals surface area contributed by atoms with Crippen LogP contribution in [0, 0.1) is 5.82 Å². The number of nitrogens with one attached hydrogen (secondary N) is 1. The van der Waals surface area contributed by atoms with Gasteiger partial charge in [0.1, 0.15) is 27.8 Å². The van der Waals surface area contributed by atoms with Gasteiger partial charge in [-0.2, -0.15) is 8.42 Å². The van der Waals surface area contributed by atoms with Crippen LogP contribution in [-0.2, 0) is 10.1 Å². The van der Waals surface area contributed by atoms with Gasteiger partial charge in [0, 0.05) is 28.9 Å². The van der Waals surface area contributed by atoms with Gasteiger partial charge in [-0.05, 0) is 31.0 Å². The molecular weight excluding hydrogens is 513 g/mol. The first-order chi connectivity index (χ1) is 18.2. The number of hydrogen-bond acceptors (Lipinski definition) is 8. The maximum Gasteiger partial charge on any atom is 0.296 e. The van der Waals surface area contributed by atoms with Crippen LogP contribution in [0.4, 0.5) is 21.5 Å². The van der Waals surface area contributed by atoms with Crippen LogP contribution in [-0.4, -0.2) is 37.7 Å². The lowest BCUT2D eigenvalue weighted by molar-refractivity contribution is 0.0980. The van der Waals surface area contributed by atoms with E-state index in [-0.39, 0.29) is 45.4 Å². The molecule has 196 valence electrons. The molecule has 0 radical (unpaired) electrons. The summed E-state index contributed by atoms with van der Waals surface area (Å²) in [5.41, 5.74) is -0.590. The molecule has 0 spiro atoms. The summed E-state index contributed by atoms with van der Waals surface area (Å²) in [7, 11) is -3.60. The summed E-state index contributed by atoms with van der Waals surface area (Å²) >= 11 is 0. The summed E-state index contributed by atoms with van der Waals surface area (Å²) < 4.78 is 54.3. The molecule has 0 amide bonds. The number of methoxy groups -OCH3 is 1. The molecular formula is C27H24FN3O6S. The number of benzene rings is 3. The smallest absolute Gasteiger partial charge is 0.296 e. The van der Waals surface area contributed by atoms with E-state index in [0.717, 1.165) is 50.3 Å². The predicted molar refractivity (Wildman–Crippen MR) is 137 cm³/mol. The van der Waals surface area contributed by atoms with E-state index < -0.39 is 38.1 Å². The van der Waals surface area contributed by atoms with Crippen LogP contribution < -0.4 is 10.1 Å². The van der Waals surface area contributed by atoms with Crippen molar-refractivity contribution in [2.45, 2.75) is 43.0 Å². The Kier molecular flexibility index (Phi) is 6.80. The minimum Gasteiger partial charge on any atom is -0.494 e. The van der Waals surface area contributed by atoms with Gasteiger partial charge in [0.2, 0.25) is 0 Å². The Hall–Kier alpha value is -3.96. The fourth-order valence-corrected chi connectivity index (χ4v) is 5.63. The Morgan fingerprint density at radius 1 is 0.947 bits per heavy atom. The maximum atomic E-state index is 13.9. The first-order valence-electron chi connectivity index (χ1n) is 12.1. The van der Waals surface area contributed by atoms with Crippen LogP contribution in [0.25, 0.3) is 0 Å². The van der Waals surface area contributed by atoms with Crippen molar-refractivity contribution < 1.29 is 31.7 Å². The monoisotopic (exact) mass is 537 g/mol. The Labute approximate surface area is 218 Å². The van der Waals surface area contributed by atoms with Crippen LogP contribution in [0.2, 0.25) is 0 Å². The molecule has 0 bridgehead atoms. The highest BCUT2D eigenvalue weighted by atomic mass is 32.2. The molecule has 11 heteroatoms. The summed E-state index contributed by atoms with van der Waals surface area (Å²) in [6.45, 7) is 0. The molecule has 0 unspecified atom stereocenters. The molecule has 38 heavy (non-hydrogen) atoms. The number of ether oxygens (including phenoxy) is 1. The molecule has 2 aliphatic rings. The number of carbonyl (C=O) groups is 2. The number of hydrogen-bond donors (Lipinski definition) is 2. The van der Waals surface area contributed by atoms with Crippen LogP contribution >= 0.6 is 0 Å². The molecule has 1 saturated carbocycles. The predicted octanol–water partition coefficient (Wildman–Crippen LogP) is 6.02. The number of rotatable bonds is 6. The van der Waals surface area contributed by atoms with Crippen molar-refractivity contribution in [3.63, 3.8) is 0 Å². The van der Waals surface area contributed by atoms with Crippen LogP contribution in [0.3, 0.4) is 0 Å². The third-order valence-corrected chi connectivity index (χ3v) is 7.64. The Balaban J connectivity index is 1.78. The van der Waals surface area contributed by atoms with Crippen molar-refractivity contribution in [3.8, 4) is 5.75 Å². The lowest BCUT2D eigenvalue weighted by Crippen LogP contribution is -2.27. The second kappa shape index (κ2) is 10.1. The van der Waals surface area contributed by atoms with Gasteiger partial charge in [-0.15, -0.1) is 10.2 Å². The van der Waals surface area contributed by atoms with Crippen molar-refractivity contribution in [2.24, 2.45) is 10.2 Å². The summed E-state index contributed by atoms with van der Waals surface area (Å²) in [6, 6.07) is 10.7. The minimum atomic E-state index is -4.94. The topological polar surface area (TPSA) is 134 Å². The zero-order valence-electron chi connectivity index (χ0n) is 20.4. The van der Waals surface area contributed by atoms with Crippen molar-refractivity contribution in [1.29, 1.82) is 0 Å². The summed E-state index contributed by atoms with van der Waals surface area (Å²) in [5, 5.41) is 11.2. The second-order valence-corrected chi connectivity index (χ2v) is 10.6. The van der Waals surface area contributed by atoms with E-state index >= 15 is 0 Å². The lowest BCUT2D eigenvalue weighted by Gasteiger charge is -2.28. The number of carbonyl (C=O) groups excluding carboxylic acids is 2. The average Bonchev–Trinajstić information content (AvgIpc) is 2.90. The number of ketones is 2. The van der Waals surface area contributed by atoms with E-state index in [1.165, 1.54) is 25.3 Å². The van der Waals surface area contributed by atoms with Crippen LogP contribution in [0.5, 0.6) is 5.75 Å². The van der Waals surface area contributed by atoms with Gasteiger partial charge in [-0.25, -0.2) is 4.39 Å². The largest absolute Gasteiger partial charge is 0.494 e. The Morgan fingerprint density at radius 2 is 1.61 bits per heavy atom. The molecule has 3 aromatic carbocycles. The summed E-state index contributed by atoms with van der Waals surface area (Å²) in [5.74, 6) is -1.65. The van der Waals surface area contributed by atoms with E-state index in [0.29, 0.717) is 0 Å². The van der Waals surface area contributed by atoms with E-state index in [4.69, 9.17) is 4.74 Å². The van der Waals surface area contributed by atoms with Gasteiger partial charge in [-0.1, -0.05) is 43.5 Å². The fourth-order valence-electron chi connectivity index (χ4n) is 4.98. The van der Waals surface area contributed by atoms with E-state index in [9.17, 15) is 27.0 Å². The van der Waals surface area contributed by atoms with E-state index in [1.807, 2.05) is 0 Å². The number of nitrogens with zero attached hydrogens (tertiary/aromatic N) is 2. The molecule has 9 nitrogen and oxygen atoms in total. The first kappa shape index (κ1) is 25.7. The highest BCUT2D eigenvalue weighted by Gasteiger charge is 2.38. The number of azo groups is 1. The summed E-state index contributed by atoms with van der Waals surface area (Å²) in [6.07, 6.45) is 4.59. The normalized spacial score (nSPS) is 15.9. The van der Waals surface area contributed by atoms with Crippen LogP contribution in [0.1, 0.15) is 63.9 Å². The van der Waals surface area contributed by atoms with E-state index in [1.54, 1.807) is 12.1 Å².